The maximum atomic E-state index is 10.5. The number of amides is 1. The van der Waals surface area contributed by atoms with E-state index in [9.17, 15) is 4.79 Å². The number of carbonyl (C=O) groups is 1. The highest BCUT2D eigenvalue weighted by Crippen LogP contribution is 2.28. The number of carbonyl (C=O) groups excluding carboxylic acids is 1. The van der Waals surface area contributed by atoms with Crippen LogP contribution in [0, 0.1) is 0 Å². The summed E-state index contributed by atoms with van der Waals surface area (Å²) in [4.78, 5) is 10.5. The number of hydrogen-bond acceptors (Lipinski definition) is 2. The second-order valence-corrected chi connectivity index (χ2v) is 3.72. The zero-order valence-corrected chi connectivity index (χ0v) is 6.55. The Labute approximate surface area is 59.4 Å². The van der Waals surface area contributed by atoms with E-state index < -0.39 is 0 Å². The fourth-order valence-corrected chi connectivity index (χ4v) is 1.87. The van der Waals surface area contributed by atoms with E-state index in [2.05, 4.69) is 12.2 Å². The van der Waals surface area contributed by atoms with Crippen molar-refractivity contribution < 1.29 is 4.79 Å². The summed E-state index contributed by atoms with van der Waals surface area (Å²) in [5, 5.41) is 2.90. The van der Waals surface area contributed by atoms with E-state index in [0.717, 1.165) is 11.5 Å². The van der Waals surface area contributed by atoms with Crippen molar-refractivity contribution in [3.8, 4) is 0 Å². The van der Waals surface area contributed by atoms with Crippen molar-refractivity contribution in [3.63, 3.8) is 0 Å². The summed E-state index contributed by atoms with van der Waals surface area (Å²) in [5.41, 5.74) is 0.108. The van der Waals surface area contributed by atoms with Crippen molar-refractivity contribution in [2.45, 2.75) is 19.4 Å². The van der Waals surface area contributed by atoms with Gasteiger partial charge in [-0.25, -0.2) is 0 Å². The molecule has 9 heavy (non-hydrogen) atoms. The smallest absolute Gasteiger partial charge is 0.217 e. The van der Waals surface area contributed by atoms with Crippen molar-refractivity contribution in [1.82, 2.24) is 5.32 Å². The van der Waals surface area contributed by atoms with Crippen molar-refractivity contribution in [3.05, 3.63) is 0 Å². The van der Waals surface area contributed by atoms with Crippen LogP contribution in [-0.2, 0) is 4.79 Å². The van der Waals surface area contributed by atoms with E-state index in [0.29, 0.717) is 0 Å². The first-order chi connectivity index (χ1) is 4.12. The molecule has 0 saturated carbocycles. The van der Waals surface area contributed by atoms with Crippen LogP contribution in [0.25, 0.3) is 0 Å². The maximum Gasteiger partial charge on any atom is 0.217 e. The molecule has 0 aromatic heterocycles. The molecule has 3 heteroatoms. The van der Waals surface area contributed by atoms with Gasteiger partial charge >= 0.3 is 0 Å². The van der Waals surface area contributed by atoms with Crippen molar-refractivity contribution >= 4 is 17.7 Å². The molecule has 1 heterocycles. The Morgan fingerprint density at radius 2 is 2.22 bits per heavy atom. The lowest BCUT2D eigenvalue weighted by Crippen LogP contribution is -2.54. The minimum atomic E-state index is 0.0813. The van der Waals surface area contributed by atoms with Crippen molar-refractivity contribution in [1.29, 1.82) is 0 Å². The van der Waals surface area contributed by atoms with Crippen LogP contribution < -0.4 is 5.32 Å². The molecule has 0 aliphatic carbocycles. The average molecular weight is 145 g/mol. The van der Waals surface area contributed by atoms with Crippen LogP contribution in [0.3, 0.4) is 0 Å². The molecular formula is C6H11NOS. The van der Waals surface area contributed by atoms with Gasteiger partial charge in [0.2, 0.25) is 5.91 Å². The first kappa shape index (κ1) is 6.93. The zero-order chi connectivity index (χ0) is 6.91. The van der Waals surface area contributed by atoms with Gasteiger partial charge in [-0.05, 0) is 6.92 Å². The molecule has 0 radical (unpaired) electrons. The largest absolute Gasteiger partial charge is 0.350 e. The molecule has 1 N–H and O–H groups in total. The van der Waals surface area contributed by atoms with Crippen molar-refractivity contribution in [2.24, 2.45) is 0 Å². The van der Waals surface area contributed by atoms with Crippen LogP contribution >= 0.6 is 11.8 Å². The molecule has 2 nitrogen and oxygen atoms in total. The lowest BCUT2D eigenvalue weighted by Gasteiger charge is -2.37. The second-order valence-electron chi connectivity index (χ2n) is 2.73. The Kier molecular flexibility index (Phi) is 1.70. The molecule has 52 valence electrons. The lowest BCUT2D eigenvalue weighted by molar-refractivity contribution is -0.120. The number of thioether (sulfide) groups is 1. The Morgan fingerprint density at radius 1 is 1.67 bits per heavy atom. The van der Waals surface area contributed by atoms with Gasteiger partial charge in [-0.15, -0.1) is 0 Å². The van der Waals surface area contributed by atoms with E-state index in [1.54, 1.807) is 6.92 Å². The average Bonchev–Trinajstić information content (AvgIpc) is 1.60. The number of hydrogen-bond donors (Lipinski definition) is 1. The Balaban J connectivity index is 2.33. The van der Waals surface area contributed by atoms with Gasteiger partial charge in [0.15, 0.2) is 0 Å². The summed E-state index contributed by atoms with van der Waals surface area (Å²) in [6.45, 7) is 3.64. The molecule has 0 unspecified atom stereocenters. The highest BCUT2D eigenvalue weighted by molar-refractivity contribution is 8.00. The summed E-state index contributed by atoms with van der Waals surface area (Å²) in [5.74, 6) is 2.21. The van der Waals surface area contributed by atoms with E-state index in [-0.39, 0.29) is 11.4 Å². The first-order valence-corrected chi connectivity index (χ1v) is 4.14. The summed E-state index contributed by atoms with van der Waals surface area (Å²) in [6.07, 6.45) is 0. The zero-order valence-electron chi connectivity index (χ0n) is 5.73. The lowest BCUT2D eigenvalue weighted by atomic mass is 10.1. The van der Waals surface area contributed by atoms with Crippen LogP contribution in [0.5, 0.6) is 0 Å². The molecule has 0 aromatic carbocycles. The molecule has 1 aliphatic heterocycles. The summed E-state index contributed by atoms with van der Waals surface area (Å²) >= 11 is 1.87. The monoisotopic (exact) mass is 145 g/mol. The summed E-state index contributed by atoms with van der Waals surface area (Å²) < 4.78 is 0. The van der Waals surface area contributed by atoms with Crippen LogP contribution in [0.4, 0.5) is 0 Å². The number of rotatable bonds is 1. The third-order valence-corrected chi connectivity index (χ3v) is 3.00. The van der Waals surface area contributed by atoms with E-state index >= 15 is 0 Å². The van der Waals surface area contributed by atoms with Gasteiger partial charge in [0.25, 0.3) is 0 Å². The van der Waals surface area contributed by atoms with Crippen LogP contribution in [-0.4, -0.2) is 23.0 Å². The molecular weight excluding hydrogens is 134 g/mol. The molecule has 1 rings (SSSR count). The fraction of sp³-hybridized carbons (Fsp3) is 0.833. The van der Waals surface area contributed by atoms with E-state index in [1.807, 2.05) is 11.8 Å². The van der Waals surface area contributed by atoms with E-state index in [1.165, 1.54) is 0 Å². The number of nitrogens with one attached hydrogen (secondary N) is 1. The predicted octanol–water partition coefficient (Wildman–Crippen LogP) is 0.628. The maximum absolute atomic E-state index is 10.5. The van der Waals surface area contributed by atoms with Crippen LogP contribution in [0.2, 0.25) is 0 Å². The van der Waals surface area contributed by atoms with Gasteiger partial charge in [0, 0.05) is 18.4 Å². The molecule has 0 spiro atoms. The molecule has 0 aromatic rings. The SMILES string of the molecule is CC(=O)NC1(C)CSC1. The predicted molar refractivity (Wildman–Crippen MR) is 39.5 cm³/mol. The van der Waals surface area contributed by atoms with Gasteiger partial charge in [-0.2, -0.15) is 11.8 Å². The molecule has 0 atom stereocenters. The normalized spacial score (nSPS) is 22.4. The summed E-state index contributed by atoms with van der Waals surface area (Å²) in [6, 6.07) is 0. The molecule has 1 fully saturated rings. The molecule has 1 saturated heterocycles. The van der Waals surface area contributed by atoms with Gasteiger partial charge in [0.05, 0.1) is 5.54 Å². The minimum absolute atomic E-state index is 0.0813. The highest BCUT2D eigenvalue weighted by Gasteiger charge is 2.32. The minimum Gasteiger partial charge on any atom is -0.350 e. The van der Waals surface area contributed by atoms with Gasteiger partial charge < -0.3 is 5.32 Å². The quantitative estimate of drug-likeness (QED) is 0.586. The molecule has 1 aliphatic rings. The summed E-state index contributed by atoms with van der Waals surface area (Å²) in [7, 11) is 0. The Morgan fingerprint density at radius 3 is 2.33 bits per heavy atom. The molecule has 1 amide bonds. The highest BCUT2D eigenvalue weighted by atomic mass is 32.2. The topological polar surface area (TPSA) is 29.1 Å². The second kappa shape index (κ2) is 2.21. The Hall–Kier alpha value is -0.180. The standard InChI is InChI=1S/C6H11NOS/c1-5(8)7-6(2)3-9-4-6/h3-4H2,1-2H3,(H,7,8). The third kappa shape index (κ3) is 1.61. The third-order valence-electron chi connectivity index (χ3n) is 1.32. The van der Waals surface area contributed by atoms with Gasteiger partial charge in [-0.3, -0.25) is 4.79 Å². The Bertz CT molecular complexity index is 131. The fourth-order valence-electron chi connectivity index (χ4n) is 0.905. The van der Waals surface area contributed by atoms with Gasteiger partial charge in [-0.1, -0.05) is 0 Å². The van der Waals surface area contributed by atoms with Crippen LogP contribution in [0.15, 0.2) is 0 Å². The molecule has 0 bridgehead atoms. The van der Waals surface area contributed by atoms with Crippen molar-refractivity contribution in [2.75, 3.05) is 11.5 Å². The first-order valence-electron chi connectivity index (χ1n) is 2.99. The van der Waals surface area contributed by atoms with E-state index in [4.69, 9.17) is 0 Å². The van der Waals surface area contributed by atoms with Gasteiger partial charge in [0.1, 0.15) is 0 Å². The van der Waals surface area contributed by atoms with Crippen LogP contribution in [0.1, 0.15) is 13.8 Å².